The van der Waals surface area contributed by atoms with Gasteiger partial charge < -0.3 is 15.0 Å². The Kier molecular flexibility index (Phi) is 9.53. The van der Waals surface area contributed by atoms with Gasteiger partial charge in [0, 0.05) is 24.5 Å². The second kappa shape index (κ2) is 12.8. The summed E-state index contributed by atoms with van der Waals surface area (Å²) >= 11 is 6.07. The third-order valence-electron chi connectivity index (χ3n) is 5.60. The second-order valence-electron chi connectivity index (χ2n) is 8.17. The van der Waals surface area contributed by atoms with Crippen LogP contribution in [-0.4, -0.2) is 36.4 Å². The SMILES string of the molecule is CCCNC(=O)C(Cc1ccccc1)N(Cc1ccc(Cl)cc1)C(=O)Cc1ccc(OC)cc1. The van der Waals surface area contributed by atoms with Crippen LogP contribution in [0.25, 0.3) is 0 Å². The molecule has 0 saturated heterocycles. The van der Waals surface area contributed by atoms with Gasteiger partial charge in [-0.15, -0.1) is 0 Å². The van der Waals surface area contributed by atoms with Crippen molar-refractivity contribution in [1.82, 2.24) is 10.2 Å². The normalized spacial score (nSPS) is 11.5. The van der Waals surface area contributed by atoms with E-state index in [0.717, 1.165) is 28.9 Å². The number of methoxy groups -OCH3 is 1. The molecular formula is C28H31ClN2O3. The molecule has 34 heavy (non-hydrogen) atoms. The molecule has 3 aromatic carbocycles. The molecule has 178 valence electrons. The highest BCUT2D eigenvalue weighted by molar-refractivity contribution is 6.30. The molecule has 1 atom stereocenters. The number of rotatable bonds is 11. The van der Waals surface area contributed by atoms with Crippen molar-refractivity contribution in [3.63, 3.8) is 0 Å². The number of benzene rings is 3. The molecule has 2 amide bonds. The summed E-state index contributed by atoms with van der Waals surface area (Å²) in [5.74, 6) is 0.463. The summed E-state index contributed by atoms with van der Waals surface area (Å²) < 4.78 is 5.22. The smallest absolute Gasteiger partial charge is 0.243 e. The van der Waals surface area contributed by atoms with E-state index in [1.54, 1.807) is 24.1 Å². The molecule has 0 aliphatic carbocycles. The van der Waals surface area contributed by atoms with Crippen molar-refractivity contribution in [2.75, 3.05) is 13.7 Å². The van der Waals surface area contributed by atoms with Gasteiger partial charge in [-0.05, 0) is 47.4 Å². The van der Waals surface area contributed by atoms with Crippen molar-refractivity contribution in [2.45, 2.75) is 38.8 Å². The fourth-order valence-electron chi connectivity index (χ4n) is 3.73. The van der Waals surface area contributed by atoms with E-state index >= 15 is 0 Å². The van der Waals surface area contributed by atoms with E-state index in [0.29, 0.717) is 24.5 Å². The molecule has 0 aliphatic heterocycles. The van der Waals surface area contributed by atoms with E-state index in [2.05, 4.69) is 5.32 Å². The molecule has 0 spiro atoms. The fraction of sp³-hybridized carbons (Fsp3) is 0.286. The molecular weight excluding hydrogens is 448 g/mol. The van der Waals surface area contributed by atoms with E-state index < -0.39 is 6.04 Å². The highest BCUT2D eigenvalue weighted by atomic mass is 35.5. The van der Waals surface area contributed by atoms with E-state index in [1.807, 2.05) is 73.7 Å². The molecule has 5 nitrogen and oxygen atoms in total. The van der Waals surface area contributed by atoms with Gasteiger partial charge in [0.25, 0.3) is 0 Å². The molecule has 0 heterocycles. The lowest BCUT2D eigenvalue weighted by Crippen LogP contribution is -2.51. The highest BCUT2D eigenvalue weighted by Gasteiger charge is 2.30. The number of carbonyl (C=O) groups excluding carboxylic acids is 2. The van der Waals surface area contributed by atoms with Crippen molar-refractivity contribution >= 4 is 23.4 Å². The van der Waals surface area contributed by atoms with E-state index in [-0.39, 0.29) is 18.2 Å². The molecule has 1 N–H and O–H groups in total. The number of carbonyl (C=O) groups is 2. The zero-order valence-electron chi connectivity index (χ0n) is 19.7. The quantitative estimate of drug-likeness (QED) is 0.419. The van der Waals surface area contributed by atoms with Crippen LogP contribution in [-0.2, 0) is 29.0 Å². The van der Waals surface area contributed by atoms with Crippen molar-refractivity contribution in [1.29, 1.82) is 0 Å². The van der Waals surface area contributed by atoms with Gasteiger partial charge in [-0.3, -0.25) is 9.59 Å². The summed E-state index contributed by atoms with van der Waals surface area (Å²) in [5, 5.41) is 3.62. The molecule has 0 bridgehead atoms. The number of halogens is 1. The highest BCUT2D eigenvalue weighted by Crippen LogP contribution is 2.19. The number of hydrogen-bond acceptors (Lipinski definition) is 3. The van der Waals surface area contributed by atoms with Crippen LogP contribution in [0.2, 0.25) is 5.02 Å². The lowest BCUT2D eigenvalue weighted by molar-refractivity contribution is -0.140. The van der Waals surface area contributed by atoms with Gasteiger partial charge >= 0.3 is 0 Å². The maximum atomic E-state index is 13.6. The van der Waals surface area contributed by atoms with Crippen molar-refractivity contribution in [3.05, 3.63) is 101 Å². The van der Waals surface area contributed by atoms with Gasteiger partial charge in [-0.2, -0.15) is 0 Å². The summed E-state index contributed by atoms with van der Waals surface area (Å²) in [5.41, 5.74) is 2.77. The molecule has 0 saturated carbocycles. The molecule has 0 aliphatic rings. The first-order valence-corrected chi connectivity index (χ1v) is 11.9. The average Bonchev–Trinajstić information content (AvgIpc) is 2.86. The Bertz CT molecular complexity index is 1050. The Hall–Kier alpha value is -3.31. The third kappa shape index (κ3) is 7.35. The summed E-state index contributed by atoms with van der Waals surface area (Å²) in [7, 11) is 1.61. The van der Waals surface area contributed by atoms with Gasteiger partial charge in [-0.25, -0.2) is 0 Å². The van der Waals surface area contributed by atoms with Gasteiger partial charge in [0.15, 0.2) is 0 Å². The third-order valence-corrected chi connectivity index (χ3v) is 5.85. The molecule has 6 heteroatoms. The monoisotopic (exact) mass is 478 g/mol. The minimum absolute atomic E-state index is 0.118. The van der Waals surface area contributed by atoms with Crippen LogP contribution in [0.3, 0.4) is 0 Å². The second-order valence-corrected chi connectivity index (χ2v) is 8.61. The maximum Gasteiger partial charge on any atom is 0.243 e. The standard InChI is InChI=1S/C28H31ClN2O3/c1-3-17-30-28(33)26(18-21-7-5-4-6-8-21)31(20-23-9-13-24(29)14-10-23)27(32)19-22-11-15-25(34-2)16-12-22/h4-16,26H,3,17-20H2,1-2H3,(H,30,33). The van der Waals surface area contributed by atoms with Gasteiger partial charge in [0.1, 0.15) is 11.8 Å². The Morgan fingerprint density at radius 3 is 2.18 bits per heavy atom. The molecule has 0 fully saturated rings. The number of amides is 2. The van der Waals surface area contributed by atoms with Crippen molar-refractivity contribution < 1.29 is 14.3 Å². The first-order valence-electron chi connectivity index (χ1n) is 11.5. The molecule has 3 rings (SSSR count). The Balaban J connectivity index is 1.92. The average molecular weight is 479 g/mol. The van der Waals surface area contributed by atoms with Crippen LogP contribution in [0.1, 0.15) is 30.0 Å². The number of nitrogens with zero attached hydrogens (tertiary/aromatic N) is 1. The lowest BCUT2D eigenvalue weighted by Gasteiger charge is -2.31. The summed E-state index contributed by atoms with van der Waals surface area (Å²) in [6, 6.07) is 23.9. The largest absolute Gasteiger partial charge is 0.497 e. The van der Waals surface area contributed by atoms with Crippen LogP contribution < -0.4 is 10.1 Å². The first kappa shape index (κ1) is 25.3. The van der Waals surface area contributed by atoms with E-state index in [4.69, 9.17) is 16.3 Å². The van der Waals surface area contributed by atoms with Crippen LogP contribution in [0.4, 0.5) is 0 Å². The maximum absolute atomic E-state index is 13.6. The van der Waals surface area contributed by atoms with Gasteiger partial charge in [0.2, 0.25) is 11.8 Å². The van der Waals surface area contributed by atoms with E-state index in [9.17, 15) is 9.59 Å². The molecule has 3 aromatic rings. The zero-order chi connectivity index (χ0) is 24.3. The summed E-state index contributed by atoms with van der Waals surface area (Å²) in [6.07, 6.45) is 1.43. The Morgan fingerprint density at radius 1 is 0.912 bits per heavy atom. The lowest BCUT2D eigenvalue weighted by atomic mass is 10.0. The van der Waals surface area contributed by atoms with E-state index in [1.165, 1.54) is 0 Å². The fourth-order valence-corrected chi connectivity index (χ4v) is 3.85. The minimum atomic E-state index is -0.643. The van der Waals surface area contributed by atoms with Crippen LogP contribution in [0, 0.1) is 0 Å². The Labute approximate surface area is 206 Å². The predicted octanol–water partition coefficient (Wildman–Crippen LogP) is 5.06. The topological polar surface area (TPSA) is 58.6 Å². The van der Waals surface area contributed by atoms with Crippen molar-refractivity contribution in [2.24, 2.45) is 0 Å². The zero-order valence-corrected chi connectivity index (χ0v) is 20.4. The number of ether oxygens (including phenoxy) is 1. The van der Waals surface area contributed by atoms with Gasteiger partial charge in [-0.1, -0.05) is 73.1 Å². The number of hydrogen-bond donors (Lipinski definition) is 1. The van der Waals surface area contributed by atoms with Crippen molar-refractivity contribution in [3.8, 4) is 5.75 Å². The van der Waals surface area contributed by atoms with Gasteiger partial charge in [0.05, 0.1) is 13.5 Å². The first-order chi connectivity index (χ1) is 16.5. The van der Waals surface area contributed by atoms with Crippen LogP contribution in [0.5, 0.6) is 5.75 Å². The van der Waals surface area contributed by atoms with Crippen LogP contribution >= 0.6 is 11.6 Å². The Morgan fingerprint density at radius 2 is 1.56 bits per heavy atom. The summed E-state index contributed by atoms with van der Waals surface area (Å²) in [4.78, 5) is 28.6. The molecule has 1 unspecified atom stereocenters. The van der Waals surface area contributed by atoms with Crippen LogP contribution in [0.15, 0.2) is 78.9 Å². The minimum Gasteiger partial charge on any atom is -0.497 e. The number of nitrogens with one attached hydrogen (secondary N) is 1. The molecule has 0 aromatic heterocycles. The predicted molar refractivity (Wildman–Crippen MR) is 136 cm³/mol. The molecule has 0 radical (unpaired) electrons. The summed E-state index contributed by atoms with van der Waals surface area (Å²) in [6.45, 7) is 2.88.